The summed E-state index contributed by atoms with van der Waals surface area (Å²) in [6, 6.07) is 10.9. The van der Waals surface area contributed by atoms with Gasteiger partial charge < -0.3 is 0 Å². The molecular weight excluding hydrogens is 484 g/mol. The van der Waals surface area contributed by atoms with Gasteiger partial charge in [-0.05, 0) is 48.5 Å². The molecule has 0 aliphatic heterocycles. The van der Waals surface area contributed by atoms with Gasteiger partial charge in [-0.3, -0.25) is 30.5 Å². The van der Waals surface area contributed by atoms with Crippen LogP contribution in [0.15, 0.2) is 71.6 Å². The first-order valence-corrected chi connectivity index (χ1v) is 10.7. The van der Waals surface area contributed by atoms with E-state index in [-0.39, 0.29) is 16.1 Å². The van der Waals surface area contributed by atoms with Crippen LogP contribution in [0.1, 0.15) is 15.9 Å². The highest BCUT2D eigenvalue weighted by molar-refractivity contribution is 7.92. The number of anilines is 2. The van der Waals surface area contributed by atoms with Crippen LogP contribution < -0.4 is 15.6 Å². The number of nitro benzene ring substituents is 1. The predicted molar refractivity (Wildman–Crippen MR) is 113 cm³/mol. The fourth-order valence-electron chi connectivity index (χ4n) is 2.74. The van der Waals surface area contributed by atoms with Gasteiger partial charge in [-0.25, -0.2) is 12.8 Å². The van der Waals surface area contributed by atoms with Crippen molar-refractivity contribution in [2.75, 3.05) is 10.1 Å². The normalized spacial score (nSPS) is 11.5. The molecule has 0 aromatic heterocycles. The second-order valence-corrected chi connectivity index (χ2v) is 8.35. The molecule has 0 saturated carbocycles. The number of hydrogen-bond acceptors (Lipinski definition) is 6. The average molecular weight is 498 g/mol. The van der Waals surface area contributed by atoms with Crippen molar-refractivity contribution in [2.45, 2.75) is 11.1 Å². The van der Waals surface area contributed by atoms with Crippen LogP contribution in [0.4, 0.5) is 34.6 Å². The molecule has 0 saturated heterocycles. The molecule has 3 N–H and O–H groups in total. The maximum atomic E-state index is 13.1. The minimum absolute atomic E-state index is 0.173. The summed E-state index contributed by atoms with van der Waals surface area (Å²) in [6.07, 6.45) is -4.81. The Balaban J connectivity index is 1.82. The third-order valence-electron chi connectivity index (χ3n) is 4.37. The van der Waals surface area contributed by atoms with Crippen LogP contribution in [-0.4, -0.2) is 19.2 Å². The van der Waals surface area contributed by atoms with Crippen LogP contribution >= 0.6 is 0 Å². The summed E-state index contributed by atoms with van der Waals surface area (Å²) in [6.45, 7) is 0. The Labute approximate surface area is 189 Å². The number of nitrogens with one attached hydrogen (secondary N) is 3. The van der Waals surface area contributed by atoms with Crippen molar-refractivity contribution in [1.29, 1.82) is 0 Å². The minimum Gasteiger partial charge on any atom is -0.292 e. The molecule has 178 valence electrons. The molecule has 0 atom stereocenters. The Kier molecular flexibility index (Phi) is 6.72. The number of halogens is 4. The predicted octanol–water partition coefficient (Wildman–Crippen LogP) is 4.31. The number of carbonyl (C=O) groups excluding carboxylic acids is 1. The van der Waals surface area contributed by atoms with Crippen molar-refractivity contribution in [3.05, 3.63) is 93.8 Å². The zero-order chi connectivity index (χ0) is 25.1. The lowest BCUT2D eigenvalue weighted by Gasteiger charge is -2.14. The summed E-state index contributed by atoms with van der Waals surface area (Å²) in [5, 5.41) is 11.2. The van der Waals surface area contributed by atoms with Crippen molar-refractivity contribution >= 4 is 33.0 Å². The highest BCUT2D eigenvalue weighted by Crippen LogP contribution is 2.34. The number of benzene rings is 3. The van der Waals surface area contributed by atoms with E-state index < -0.39 is 49.8 Å². The van der Waals surface area contributed by atoms with Gasteiger partial charge in [-0.2, -0.15) is 13.2 Å². The summed E-state index contributed by atoms with van der Waals surface area (Å²) in [7, 11) is -4.20. The zero-order valence-electron chi connectivity index (χ0n) is 16.8. The first-order valence-electron chi connectivity index (χ1n) is 9.18. The molecule has 3 aromatic rings. The maximum absolute atomic E-state index is 13.1. The van der Waals surface area contributed by atoms with E-state index in [0.29, 0.717) is 12.1 Å². The molecule has 14 heteroatoms. The first-order chi connectivity index (χ1) is 15.9. The first kappa shape index (κ1) is 24.4. The topological polar surface area (TPSA) is 130 Å². The van der Waals surface area contributed by atoms with E-state index in [1.807, 2.05) is 0 Å². The van der Waals surface area contributed by atoms with Crippen LogP contribution in [0, 0.1) is 15.9 Å². The Hall–Kier alpha value is -4.20. The van der Waals surface area contributed by atoms with Crippen LogP contribution in [0.5, 0.6) is 0 Å². The fourth-order valence-corrected chi connectivity index (χ4v) is 3.82. The second-order valence-electron chi connectivity index (χ2n) is 6.67. The van der Waals surface area contributed by atoms with E-state index in [2.05, 4.69) is 15.6 Å². The molecule has 0 fully saturated rings. The van der Waals surface area contributed by atoms with Crippen LogP contribution in [-0.2, 0) is 16.2 Å². The third kappa shape index (κ3) is 5.58. The molecule has 1 amide bonds. The summed E-state index contributed by atoms with van der Waals surface area (Å²) < 4.78 is 78.9. The van der Waals surface area contributed by atoms with Gasteiger partial charge in [0, 0.05) is 6.07 Å². The number of sulfonamides is 1. The van der Waals surface area contributed by atoms with E-state index in [4.69, 9.17) is 0 Å². The van der Waals surface area contributed by atoms with Gasteiger partial charge in [0.05, 0.1) is 26.6 Å². The van der Waals surface area contributed by atoms with Gasteiger partial charge >= 0.3 is 6.18 Å². The van der Waals surface area contributed by atoms with Gasteiger partial charge in [0.15, 0.2) is 0 Å². The van der Waals surface area contributed by atoms with Crippen LogP contribution in [0.25, 0.3) is 0 Å². The number of alkyl halides is 3. The average Bonchev–Trinajstić information content (AvgIpc) is 2.77. The summed E-state index contributed by atoms with van der Waals surface area (Å²) in [5.41, 5.74) is 1.24. The smallest absolute Gasteiger partial charge is 0.292 e. The molecule has 0 aliphatic carbocycles. The molecule has 0 unspecified atom stereocenters. The molecule has 34 heavy (non-hydrogen) atoms. The number of amides is 1. The second kappa shape index (κ2) is 9.35. The van der Waals surface area contributed by atoms with E-state index in [9.17, 15) is 40.9 Å². The number of hydrazine groups is 1. The summed E-state index contributed by atoms with van der Waals surface area (Å²) >= 11 is 0. The lowest BCUT2D eigenvalue weighted by molar-refractivity contribution is -0.384. The van der Waals surface area contributed by atoms with Crippen molar-refractivity contribution < 1.29 is 35.7 Å². The number of hydrogen-bond donors (Lipinski definition) is 3. The van der Waals surface area contributed by atoms with Crippen molar-refractivity contribution in [2.24, 2.45) is 0 Å². The van der Waals surface area contributed by atoms with Crippen LogP contribution in [0.2, 0.25) is 0 Å². The number of carbonyl (C=O) groups is 1. The fraction of sp³-hybridized carbons (Fsp3) is 0.0500. The quantitative estimate of drug-likeness (QED) is 0.253. The van der Waals surface area contributed by atoms with E-state index in [1.165, 1.54) is 24.3 Å². The minimum atomic E-state index is -4.81. The van der Waals surface area contributed by atoms with Gasteiger partial charge in [-0.15, -0.1) is 0 Å². The third-order valence-corrected chi connectivity index (χ3v) is 5.75. The summed E-state index contributed by atoms with van der Waals surface area (Å²) in [4.78, 5) is 22.4. The molecule has 0 bridgehead atoms. The lowest BCUT2D eigenvalue weighted by atomic mass is 10.1. The molecule has 3 rings (SSSR count). The van der Waals surface area contributed by atoms with Crippen LogP contribution in [0.3, 0.4) is 0 Å². The highest BCUT2D eigenvalue weighted by atomic mass is 32.2. The van der Waals surface area contributed by atoms with Crippen molar-refractivity contribution in [1.82, 2.24) is 5.43 Å². The Morgan fingerprint density at radius 2 is 1.59 bits per heavy atom. The zero-order valence-corrected chi connectivity index (χ0v) is 17.6. The van der Waals surface area contributed by atoms with Gasteiger partial charge in [0.25, 0.3) is 21.6 Å². The molecule has 9 nitrogen and oxygen atoms in total. The Morgan fingerprint density at radius 1 is 0.941 bits per heavy atom. The number of rotatable bonds is 7. The standard InChI is InChI=1S/C20H14F4N4O5S/c21-13-6-8-14(9-7-13)34(32,33)27-16-4-2-1-3-15(16)19(29)26-25-17-10-5-12(20(22,23)24)11-18(17)28(30)31/h1-11,25,27H,(H,26,29). The maximum Gasteiger partial charge on any atom is 0.416 e. The molecule has 0 spiro atoms. The van der Waals surface area contributed by atoms with E-state index >= 15 is 0 Å². The Morgan fingerprint density at radius 3 is 2.21 bits per heavy atom. The molecule has 0 radical (unpaired) electrons. The SMILES string of the molecule is O=C(NNc1ccc(C(F)(F)F)cc1[N+](=O)[O-])c1ccccc1NS(=O)(=O)c1ccc(F)cc1. The van der Waals surface area contributed by atoms with E-state index in [1.54, 1.807) is 0 Å². The number of nitro groups is 1. The number of para-hydroxylation sites is 1. The van der Waals surface area contributed by atoms with Gasteiger partial charge in [0.1, 0.15) is 11.5 Å². The molecule has 0 heterocycles. The van der Waals surface area contributed by atoms with Crippen molar-refractivity contribution in [3.8, 4) is 0 Å². The number of nitrogens with zero attached hydrogens (tertiary/aromatic N) is 1. The van der Waals surface area contributed by atoms with Crippen molar-refractivity contribution in [3.63, 3.8) is 0 Å². The Bertz CT molecular complexity index is 1350. The van der Waals surface area contributed by atoms with E-state index in [0.717, 1.165) is 30.3 Å². The summed E-state index contributed by atoms with van der Waals surface area (Å²) in [5.74, 6) is -1.60. The molecular formula is C20H14F4N4O5S. The molecule has 0 aliphatic rings. The monoisotopic (exact) mass is 498 g/mol. The van der Waals surface area contributed by atoms with Gasteiger partial charge in [-0.1, -0.05) is 12.1 Å². The largest absolute Gasteiger partial charge is 0.416 e. The highest BCUT2D eigenvalue weighted by Gasteiger charge is 2.33. The van der Waals surface area contributed by atoms with Gasteiger partial charge in [0.2, 0.25) is 0 Å². The molecule has 3 aromatic carbocycles. The lowest BCUT2D eigenvalue weighted by Crippen LogP contribution is -2.30.